The van der Waals surface area contributed by atoms with E-state index in [-0.39, 0.29) is 10.0 Å². The maximum atomic E-state index is 12.2. The molecule has 2 atom stereocenters. The van der Waals surface area contributed by atoms with Gasteiger partial charge in [0.1, 0.15) is 10.0 Å². The summed E-state index contributed by atoms with van der Waals surface area (Å²) in [5.74, 6) is 1.10. The Morgan fingerprint density at radius 3 is 2.76 bits per heavy atom. The molecule has 1 fully saturated rings. The van der Waals surface area contributed by atoms with Gasteiger partial charge < -0.3 is 0 Å². The van der Waals surface area contributed by atoms with Crippen LogP contribution in [0.1, 0.15) is 13.3 Å². The van der Waals surface area contributed by atoms with E-state index in [0.717, 1.165) is 6.42 Å². The van der Waals surface area contributed by atoms with Gasteiger partial charge in [-0.1, -0.05) is 18.5 Å². The van der Waals surface area contributed by atoms with Gasteiger partial charge >= 0.3 is 0 Å². The van der Waals surface area contributed by atoms with E-state index in [1.54, 1.807) is 13.1 Å². The molecule has 0 aromatic carbocycles. The summed E-state index contributed by atoms with van der Waals surface area (Å²) in [5, 5.41) is 0.0307. The number of aromatic nitrogens is 1. The molecule has 2 unspecified atom stereocenters. The Balaban J connectivity index is 2.21. The molecule has 0 aliphatic heterocycles. The Hall–Kier alpha value is -0.650. The van der Waals surface area contributed by atoms with Crippen LogP contribution in [0.2, 0.25) is 5.15 Å². The fraction of sp³-hybridized carbons (Fsp3) is 0.545. The fourth-order valence-corrected chi connectivity index (χ4v) is 3.46. The van der Waals surface area contributed by atoms with Gasteiger partial charge in [0.15, 0.2) is 0 Å². The molecule has 2 rings (SSSR count). The maximum Gasteiger partial charge on any atom is 0.245 e. The molecular formula is C11H15ClN2O2S. The van der Waals surface area contributed by atoms with E-state index in [0.29, 0.717) is 18.4 Å². The van der Waals surface area contributed by atoms with Crippen LogP contribution in [0.5, 0.6) is 0 Å². The molecule has 1 aliphatic rings. The molecule has 0 bridgehead atoms. The highest BCUT2D eigenvalue weighted by molar-refractivity contribution is 7.89. The van der Waals surface area contributed by atoms with Gasteiger partial charge in [0.05, 0.1) is 0 Å². The quantitative estimate of drug-likeness (QED) is 0.789. The van der Waals surface area contributed by atoms with Crippen molar-refractivity contribution < 1.29 is 8.42 Å². The highest BCUT2D eigenvalue weighted by Crippen LogP contribution is 2.38. The van der Waals surface area contributed by atoms with E-state index >= 15 is 0 Å². The first-order chi connectivity index (χ1) is 7.93. The van der Waals surface area contributed by atoms with Gasteiger partial charge in [0, 0.05) is 19.8 Å². The molecule has 0 radical (unpaired) electrons. The van der Waals surface area contributed by atoms with Gasteiger partial charge in [-0.2, -0.15) is 0 Å². The molecule has 0 spiro atoms. The normalized spacial score (nSPS) is 24.0. The van der Waals surface area contributed by atoms with Crippen LogP contribution in [0.15, 0.2) is 23.2 Å². The zero-order chi connectivity index (χ0) is 12.6. The van der Waals surface area contributed by atoms with Gasteiger partial charge in [0.25, 0.3) is 0 Å². The monoisotopic (exact) mass is 274 g/mol. The van der Waals surface area contributed by atoms with Crippen molar-refractivity contribution in [3.63, 3.8) is 0 Å². The first kappa shape index (κ1) is 12.8. The average molecular weight is 275 g/mol. The second-order valence-electron chi connectivity index (χ2n) is 4.55. The van der Waals surface area contributed by atoms with Crippen molar-refractivity contribution in [1.29, 1.82) is 0 Å². The maximum absolute atomic E-state index is 12.2. The number of hydrogen-bond donors (Lipinski definition) is 0. The molecule has 1 aliphatic carbocycles. The van der Waals surface area contributed by atoms with E-state index in [1.807, 2.05) is 0 Å². The van der Waals surface area contributed by atoms with Crippen LogP contribution in [0.4, 0.5) is 0 Å². The summed E-state index contributed by atoms with van der Waals surface area (Å²) in [5.41, 5.74) is 0. The molecule has 94 valence electrons. The molecule has 4 nitrogen and oxygen atoms in total. The van der Waals surface area contributed by atoms with E-state index in [9.17, 15) is 8.42 Å². The molecule has 0 amide bonds. The first-order valence-corrected chi connectivity index (χ1v) is 7.31. The predicted molar refractivity (Wildman–Crippen MR) is 66.3 cm³/mol. The molecule has 0 N–H and O–H groups in total. The summed E-state index contributed by atoms with van der Waals surface area (Å²) in [4.78, 5) is 3.88. The smallest absolute Gasteiger partial charge is 0.243 e. The van der Waals surface area contributed by atoms with Crippen LogP contribution in [-0.4, -0.2) is 31.3 Å². The van der Waals surface area contributed by atoms with Gasteiger partial charge in [-0.3, -0.25) is 0 Å². The largest absolute Gasteiger partial charge is 0.245 e. The summed E-state index contributed by atoms with van der Waals surface area (Å²) in [6, 6.07) is 3.06. The lowest BCUT2D eigenvalue weighted by Gasteiger charge is -2.17. The van der Waals surface area contributed by atoms with Crippen LogP contribution in [0.25, 0.3) is 0 Å². The summed E-state index contributed by atoms with van der Waals surface area (Å²) in [6.07, 6.45) is 2.57. The number of nitrogens with zero attached hydrogens (tertiary/aromatic N) is 2. The van der Waals surface area contributed by atoms with Crippen molar-refractivity contribution in [2.45, 2.75) is 18.2 Å². The summed E-state index contributed by atoms with van der Waals surface area (Å²) >= 11 is 5.82. The predicted octanol–water partition coefficient (Wildman–Crippen LogP) is 2.01. The Labute approximate surface area is 107 Å². The molecule has 0 saturated heterocycles. The van der Waals surface area contributed by atoms with Crippen LogP contribution < -0.4 is 0 Å². The molecule has 1 aromatic rings. The summed E-state index contributed by atoms with van der Waals surface area (Å²) in [6.45, 7) is 2.68. The lowest BCUT2D eigenvalue weighted by Crippen LogP contribution is -2.29. The summed E-state index contributed by atoms with van der Waals surface area (Å²) in [7, 11) is -1.92. The second kappa shape index (κ2) is 4.55. The zero-order valence-electron chi connectivity index (χ0n) is 9.80. The van der Waals surface area contributed by atoms with Crippen LogP contribution in [0.3, 0.4) is 0 Å². The third kappa shape index (κ3) is 2.61. The van der Waals surface area contributed by atoms with Gasteiger partial charge in [-0.05, 0) is 30.4 Å². The number of pyridine rings is 1. The van der Waals surface area contributed by atoms with E-state index in [2.05, 4.69) is 11.9 Å². The minimum Gasteiger partial charge on any atom is -0.243 e. The Kier molecular flexibility index (Phi) is 3.43. The minimum atomic E-state index is -3.51. The first-order valence-electron chi connectivity index (χ1n) is 5.50. The minimum absolute atomic E-state index is 0.0307. The average Bonchev–Trinajstić information content (AvgIpc) is 2.94. The molecule has 1 aromatic heterocycles. The fourth-order valence-electron chi connectivity index (χ4n) is 1.81. The van der Waals surface area contributed by atoms with Gasteiger partial charge in [-0.15, -0.1) is 0 Å². The van der Waals surface area contributed by atoms with Crippen molar-refractivity contribution in [2.75, 3.05) is 13.6 Å². The van der Waals surface area contributed by atoms with Gasteiger partial charge in [-0.25, -0.2) is 17.7 Å². The number of halogens is 1. The van der Waals surface area contributed by atoms with Crippen molar-refractivity contribution in [3.05, 3.63) is 23.5 Å². The van der Waals surface area contributed by atoms with Gasteiger partial charge in [0.2, 0.25) is 10.0 Å². The third-order valence-corrected chi connectivity index (χ3v) is 5.45. The molecule has 17 heavy (non-hydrogen) atoms. The molecule has 1 heterocycles. The van der Waals surface area contributed by atoms with Crippen molar-refractivity contribution >= 4 is 21.6 Å². The highest BCUT2D eigenvalue weighted by atomic mass is 35.5. The SMILES string of the molecule is CC1CC1CN(C)S(=O)(=O)c1cccnc1Cl. The Morgan fingerprint density at radius 1 is 1.59 bits per heavy atom. The zero-order valence-corrected chi connectivity index (χ0v) is 11.4. The molecular weight excluding hydrogens is 260 g/mol. The van der Waals surface area contributed by atoms with Crippen molar-refractivity contribution in [1.82, 2.24) is 9.29 Å². The number of hydrogen-bond acceptors (Lipinski definition) is 3. The van der Waals surface area contributed by atoms with Crippen LogP contribution in [-0.2, 0) is 10.0 Å². The van der Waals surface area contributed by atoms with E-state index in [1.165, 1.54) is 16.6 Å². The lowest BCUT2D eigenvalue weighted by molar-refractivity contribution is 0.444. The topological polar surface area (TPSA) is 50.3 Å². The van der Waals surface area contributed by atoms with Crippen LogP contribution in [0, 0.1) is 11.8 Å². The number of sulfonamides is 1. The second-order valence-corrected chi connectivity index (χ2v) is 6.92. The Morgan fingerprint density at radius 2 is 2.24 bits per heavy atom. The van der Waals surface area contributed by atoms with Crippen molar-refractivity contribution in [2.24, 2.45) is 11.8 Å². The van der Waals surface area contributed by atoms with E-state index in [4.69, 9.17) is 11.6 Å². The van der Waals surface area contributed by atoms with Crippen molar-refractivity contribution in [3.8, 4) is 0 Å². The molecule has 6 heteroatoms. The standard InChI is InChI=1S/C11H15ClN2O2S/c1-8-6-9(8)7-14(2)17(15,16)10-4-3-5-13-11(10)12/h3-5,8-9H,6-7H2,1-2H3. The summed E-state index contributed by atoms with van der Waals surface area (Å²) < 4.78 is 25.8. The molecule has 1 saturated carbocycles. The highest BCUT2D eigenvalue weighted by Gasteiger charge is 2.36. The Bertz CT molecular complexity index is 518. The van der Waals surface area contributed by atoms with Crippen LogP contribution >= 0.6 is 11.6 Å². The number of rotatable bonds is 4. The lowest BCUT2D eigenvalue weighted by atomic mass is 10.3. The van der Waals surface area contributed by atoms with E-state index < -0.39 is 10.0 Å². The third-order valence-electron chi connectivity index (χ3n) is 3.18.